The van der Waals surface area contributed by atoms with Gasteiger partial charge in [-0.15, -0.1) is 0 Å². The lowest BCUT2D eigenvalue weighted by atomic mass is 10.0. The fourth-order valence-electron chi connectivity index (χ4n) is 4.27. The molecule has 1 aromatic carbocycles. The molecule has 0 radical (unpaired) electrons. The van der Waals surface area contributed by atoms with Crippen molar-refractivity contribution in [2.45, 2.75) is 36.6 Å². The van der Waals surface area contributed by atoms with Crippen molar-refractivity contribution in [1.82, 2.24) is 14.9 Å². The Morgan fingerprint density at radius 1 is 1.08 bits per heavy atom. The highest BCUT2D eigenvalue weighted by Gasteiger charge is 2.38. The summed E-state index contributed by atoms with van der Waals surface area (Å²) in [4.78, 5) is 10.6. The Morgan fingerprint density at radius 3 is 2.43 bits per heavy atom. The smallest absolute Gasteiger partial charge is 0.370 e. The second-order valence-electron chi connectivity index (χ2n) is 8.70. The van der Waals surface area contributed by atoms with Crippen LogP contribution in [0.15, 0.2) is 59.8 Å². The average molecular weight is 542 g/mol. The maximum Gasteiger partial charge on any atom is 0.418 e. The zero-order valence-corrected chi connectivity index (χ0v) is 20.5. The van der Waals surface area contributed by atoms with Gasteiger partial charge in [0.15, 0.2) is 5.03 Å². The van der Waals surface area contributed by atoms with Crippen molar-refractivity contribution in [2.75, 3.05) is 29.8 Å². The van der Waals surface area contributed by atoms with Crippen molar-refractivity contribution < 1.29 is 30.4 Å². The van der Waals surface area contributed by atoms with Crippen LogP contribution in [0.2, 0.25) is 0 Å². The first-order valence-corrected chi connectivity index (χ1v) is 12.8. The van der Waals surface area contributed by atoms with Gasteiger partial charge in [-0.3, -0.25) is 9.62 Å². The summed E-state index contributed by atoms with van der Waals surface area (Å²) in [5.74, 6) is -1.65. The molecule has 0 spiro atoms. The molecule has 0 atom stereocenters. The molecule has 1 N–H and O–H groups in total. The minimum atomic E-state index is -4.86. The summed E-state index contributed by atoms with van der Waals surface area (Å²) in [6, 6.07) is 9.99. The minimum Gasteiger partial charge on any atom is -0.370 e. The molecule has 0 amide bonds. The first-order chi connectivity index (χ1) is 17.4. The van der Waals surface area contributed by atoms with Gasteiger partial charge in [0.25, 0.3) is 10.0 Å². The van der Waals surface area contributed by atoms with Crippen LogP contribution < -0.4 is 9.62 Å². The van der Waals surface area contributed by atoms with Gasteiger partial charge in [-0.1, -0.05) is 24.3 Å². The van der Waals surface area contributed by atoms with E-state index in [0.29, 0.717) is 44.1 Å². The van der Waals surface area contributed by atoms with E-state index in [9.17, 15) is 30.4 Å². The molecule has 1 aliphatic rings. The molecule has 7 nitrogen and oxygen atoms in total. The van der Waals surface area contributed by atoms with Crippen molar-refractivity contribution in [2.24, 2.45) is 0 Å². The van der Waals surface area contributed by atoms with Crippen molar-refractivity contribution in [3.63, 3.8) is 0 Å². The van der Waals surface area contributed by atoms with Crippen molar-refractivity contribution >= 4 is 21.5 Å². The van der Waals surface area contributed by atoms with E-state index in [2.05, 4.69) is 9.97 Å². The first-order valence-electron chi connectivity index (χ1n) is 11.4. The minimum absolute atomic E-state index is 0.261. The van der Waals surface area contributed by atoms with Gasteiger partial charge in [0.1, 0.15) is 11.6 Å². The molecule has 0 saturated carbocycles. The summed E-state index contributed by atoms with van der Waals surface area (Å²) in [5.41, 5.74) is -0.869. The SMILES string of the molecule is CN(c1cnc(S(=O)(=O)Nc2cccc(F)n2)cc1C(F)(F)F)C1CCN(Cc2ccccc2F)CC1. The number of nitrogens with one attached hydrogen (secondary N) is 1. The van der Waals surface area contributed by atoms with E-state index in [1.807, 2.05) is 9.62 Å². The van der Waals surface area contributed by atoms with Gasteiger partial charge >= 0.3 is 6.18 Å². The standard InChI is InChI=1S/C24H24F5N5O2S/c1-33(17-9-11-34(12-10-17)15-16-5-2-3-6-19(16)25)20-14-30-23(13-18(20)24(27,28)29)37(35,36)32-22-8-4-7-21(26)31-22/h2-8,13-14,17H,9-12,15H2,1H3,(H,31,32). The van der Waals surface area contributed by atoms with Crippen LogP contribution in [0, 0.1) is 11.8 Å². The summed E-state index contributed by atoms with van der Waals surface area (Å²) in [7, 11) is -3.06. The summed E-state index contributed by atoms with van der Waals surface area (Å²) in [5, 5.41) is -0.872. The summed E-state index contributed by atoms with van der Waals surface area (Å²) in [6.07, 6.45) is -2.94. The molecular formula is C24H24F5N5O2S. The van der Waals surface area contributed by atoms with Crippen LogP contribution in [-0.2, 0) is 22.7 Å². The fourth-order valence-corrected chi connectivity index (χ4v) is 5.23. The molecule has 3 aromatic rings. The van der Waals surface area contributed by atoms with E-state index in [1.165, 1.54) is 24.1 Å². The lowest BCUT2D eigenvalue weighted by Crippen LogP contribution is -2.43. The topological polar surface area (TPSA) is 78.4 Å². The quantitative estimate of drug-likeness (QED) is 0.346. The molecule has 0 bridgehead atoms. The Kier molecular flexibility index (Phi) is 7.64. The van der Waals surface area contributed by atoms with E-state index >= 15 is 0 Å². The summed E-state index contributed by atoms with van der Waals surface area (Å²) >= 11 is 0. The lowest BCUT2D eigenvalue weighted by Gasteiger charge is -2.38. The zero-order valence-electron chi connectivity index (χ0n) is 19.7. The van der Waals surface area contributed by atoms with Gasteiger partial charge in [0, 0.05) is 38.3 Å². The molecule has 0 unspecified atom stereocenters. The Morgan fingerprint density at radius 2 is 1.78 bits per heavy atom. The molecule has 1 aliphatic heterocycles. The monoisotopic (exact) mass is 541 g/mol. The Hall–Kier alpha value is -3.32. The third-order valence-corrected chi connectivity index (χ3v) is 7.48. The number of rotatable bonds is 7. The maximum atomic E-state index is 14.0. The highest BCUT2D eigenvalue weighted by atomic mass is 32.2. The van der Waals surface area contributed by atoms with E-state index in [0.717, 1.165) is 18.3 Å². The number of halogens is 5. The van der Waals surface area contributed by atoms with Gasteiger partial charge in [-0.05, 0) is 37.1 Å². The van der Waals surface area contributed by atoms with Crippen LogP contribution in [0.3, 0.4) is 0 Å². The number of piperidine rings is 1. The van der Waals surface area contributed by atoms with E-state index in [4.69, 9.17) is 0 Å². The molecule has 0 aliphatic carbocycles. The molecule has 13 heteroatoms. The number of alkyl halides is 3. The lowest BCUT2D eigenvalue weighted by molar-refractivity contribution is -0.137. The second-order valence-corrected chi connectivity index (χ2v) is 10.3. The maximum absolute atomic E-state index is 14.0. The Labute approximate surface area is 211 Å². The number of sulfonamides is 1. The third-order valence-electron chi connectivity index (χ3n) is 6.23. The highest BCUT2D eigenvalue weighted by Crippen LogP contribution is 2.38. The van der Waals surface area contributed by atoms with E-state index in [-0.39, 0.29) is 17.5 Å². The van der Waals surface area contributed by atoms with Crippen molar-refractivity contribution in [3.8, 4) is 0 Å². The Bertz CT molecular complexity index is 1360. The van der Waals surface area contributed by atoms with Gasteiger partial charge in [-0.25, -0.2) is 14.4 Å². The number of likely N-dealkylation sites (tertiary alicyclic amines) is 1. The largest absolute Gasteiger partial charge is 0.418 e. The number of nitrogens with zero attached hydrogens (tertiary/aromatic N) is 4. The van der Waals surface area contributed by atoms with E-state index < -0.39 is 38.6 Å². The number of hydrogen-bond acceptors (Lipinski definition) is 6. The molecule has 1 saturated heterocycles. The van der Waals surface area contributed by atoms with E-state index in [1.54, 1.807) is 18.2 Å². The number of benzene rings is 1. The van der Waals surface area contributed by atoms with Crippen LogP contribution in [0.1, 0.15) is 24.0 Å². The summed E-state index contributed by atoms with van der Waals surface area (Å²) < 4.78 is 96.5. The fraction of sp³-hybridized carbons (Fsp3) is 0.333. The highest BCUT2D eigenvalue weighted by molar-refractivity contribution is 7.92. The predicted octanol–water partition coefficient (Wildman–Crippen LogP) is 4.68. The van der Waals surface area contributed by atoms with Crippen molar-refractivity contribution in [3.05, 3.63) is 77.6 Å². The number of pyridine rings is 2. The van der Waals surface area contributed by atoms with Crippen LogP contribution in [0.5, 0.6) is 0 Å². The normalized spacial score (nSPS) is 15.5. The number of aromatic nitrogens is 2. The van der Waals surface area contributed by atoms with Crippen LogP contribution in [0.4, 0.5) is 33.5 Å². The zero-order chi connectivity index (χ0) is 26.8. The molecule has 198 valence electrons. The molecular weight excluding hydrogens is 517 g/mol. The molecule has 4 rings (SSSR count). The molecule has 3 heterocycles. The molecule has 37 heavy (non-hydrogen) atoms. The second kappa shape index (κ2) is 10.6. The van der Waals surface area contributed by atoms with Crippen LogP contribution >= 0.6 is 0 Å². The molecule has 2 aromatic heterocycles. The molecule has 1 fully saturated rings. The van der Waals surface area contributed by atoms with Crippen molar-refractivity contribution in [1.29, 1.82) is 0 Å². The van der Waals surface area contributed by atoms with Gasteiger partial charge < -0.3 is 4.90 Å². The first kappa shape index (κ1) is 26.7. The third kappa shape index (κ3) is 6.34. The van der Waals surface area contributed by atoms with Crippen LogP contribution in [-0.4, -0.2) is 49.5 Å². The number of hydrogen-bond donors (Lipinski definition) is 1. The van der Waals surface area contributed by atoms with Gasteiger partial charge in [0.05, 0.1) is 17.4 Å². The Balaban J connectivity index is 1.51. The summed E-state index contributed by atoms with van der Waals surface area (Å²) in [6.45, 7) is 1.50. The number of anilines is 2. The predicted molar refractivity (Wildman–Crippen MR) is 127 cm³/mol. The van der Waals surface area contributed by atoms with Crippen LogP contribution in [0.25, 0.3) is 0 Å². The van der Waals surface area contributed by atoms with Gasteiger partial charge in [0.2, 0.25) is 5.95 Å². The van der Waals surface area contributed by atoms with Gasteiger partial charge in [-0.2, -0.15) is 26.0 Å². The average Bonchev–Trinajstić information content (AvgIpc) is 2.84.